The number of hydrogen-bond donors (Lipinski definition) is 0. The molecule has 0 aliphatic rings. The third-order valence-electron chi connectivity index (χ3n) is 16.5. The van der Waals surface area contributed by atoms with Gasteiger partial charge in [0.2, 0.25) is 0 Å². The van der Waals surface area contributed by atoms with Crippen molar-refractivity contribution in [3.05, 3.63) is 315 Å². The Kier molecular flexibility index (Phi) is 25.0. The first-order chi connectivity index (χ1) is 51.0. The van der Waals surface area contributed by atoms with Crippen LogP contribution in [0.15, 0.2) is 271 Å². The van der Waals surface area contributed by atoms with Crippen LogP contribution in [0.4, 0.5) is 34.1 Å². The van der Waals surface area contributed by atoms with Crippen molar-refractivity contribution in [1.29, 1.82) is 0 Å². The number of aldehydes is 4. The number of benzene rings is 6. The Morgan fingerprint density at radius 3 is 0.894 bits per heavy atom. The van der Waals surface area contributed by atoms with Crippen molar-refractivity contribution in [3.8, 4) is 62.6 Å². The lowest BCUT2D eigenvalue weighted by atomic mass is 10.1. The third-order valence-corrected chi connectivity index (χ3v) is 27.9. The van der Waals surface area contributed by atoms with Gasteiger partial charge in [-0.05, 0) is 252 Å². The molecular formula is C85H67N2O7PS9. The topological polar surface area (TPSA) is 110 Å². The van der Waals surface area contributed by atoms with E-state index in [1.807, 2.05) is 103 Å². The predicted octanol–water partition coefficient (Wildman–Crippen LogP) is 27.5. The highest BCUT2D eigenvalue weighted by atomic mass is 32.1. The summed E-state index contributed by atoms with van der Waals surface area (Å²) in [5.41, 5.74) is 13.0. The molecule has 0 unspecified atom stereocenters. The standard InChI is InChI=1S/C43H31NOS5.C33H21NO3S3.C9H15O3PS/c45-29-40-23-26-43(50-40)32-9-15-35(16-10-32)44(33-11-5-30(6-12-33)41-24-21-38(48-41)19-17-36-3-1-27-46-36)34-13-7-31(8-14-34)42-25-22-39(49-42)20-18-37-4-2-28-47-37;35-19-28-13-16-31(38-28)22-1-7-25(8-2-22)34(26-9-3-23(4-10-26)32-17-14-29(20-36)39-32)27-11-5-24(6-12-27)33-18-15-30(21-37)40-33;1-3-11-13(10,12-4-2)8-9-6-5-7-14-9/h1-17,19,21-29H,18,20H2;1-21H;5-7H,3-4,8H2,1-2H3/b19-17+;;. The Bertz CT molecular complexity index is 5090. The second kappa shape index (κ2) is 35.5. The molecule has 15 aromatic rings. The van der Waals surface area contributed by atoms with Crippen LogP contribution >= 0.6 is 110 Å². The van der Waals surface area contributed by atoms with Crippen LogP contribution in [0, 0.1) is 0 Å². The molecule has 15 rings (SSSR count). The summed E-state index contributed by atoms with van der Waals surface area (Å²) in [6.45, 7) is 4.48. The fraction of sp³-hybridized carbons (Fsp3) is 0.0824. The molecule has 0 spiro atoms. The molecule has 518 valence electrons. The van der Waals surface area contributed by atoms with Crippen molar-refractivity contribution in [2.24, 2.45) is 0 Å². The van der Waals surface area contributed by atoms with Crippen molar-refractivity contribution in [3.63, 3.8) is 0 Å². The third kappa shape index (κ3) is 18.6. The van der Waals surface area contributed by atoms with Gasteiger partial charge in [0, 0.05) is 87.8 Å². The van der Waals surface area contributed by atoms with Crippen molar-refractivity contribution in [1.82, 2.24) is 0 Å². The number of thiophene rings is 9. The summed E-state index contributed by atoms with van der Waals surface area (Å²) in [5, 5.41) is 6.22. The lowest BCUT2D eigenvalue weighted by Gasteiger charge is -2.26. The van der Waals surface area contributed by atoms with Crippen LogP contribution in [0.25, 0.3) is 74.8 Å². The van der Waals surface area contributed by atoms with Crippen LogP contribution in [0.3, 0.4) is 0 Å². The summed E-state index contributed by atoms with van der Waals surface area (Å²) in [6, 6.07) is 88.1. The molecule has 19 heteroatoms. The molecule has 0 fully saturated rings. The predicted molar refractivity (Wildman–Crippen MR) is 448 cm³/mol. The molecule has 0 atom stereocenters. The zero-order chi connectivity index (χ0) is 71.6. The van der Waals surface area contributed by atoms with Crippen LogP contribution in [0.5, 0.6) is 0 Å². The quantitative estimate of drug-likeness (QED) is 0.0367. The first-order valence-corrected chi connectivity index (χ1v) is 42.6. The molecule has 0 saturated heterocycles. The maximum atomic E-state index is 12.0. The minimum atomic E-state index is -2.90. The van der Waals surface area contributed by atoms with Crippen molar-refractivity contribution >= 4 is 181 Å². The van der Waals surface area contributed by atoms with Gasteiger partial charge in [-0.3, -0.25) is 23.7 Å². The first kappa shape index (κ1) is 73.1. The molecule has 0 bridgehead atoms. The van der Waals surface area contributed by atoms with Gasteiger partial charge < -0.3 is 18.8 Å². The van der Waals surface area contributed by atoms with Gasteiger partial charge >= 0.3 is 7.60 Å². The molecule has 0 radical (unpaired) electrons. The van der Waals surface area contributed by atoms with Gasteiger partial charge in [0.1, 0.15) is 0 Å². The van der Waals surface area contributed by atoms with E-state index in [0.717, 1.165) is 124 Å². The summed E-state index contributed by atoms with van der Waals surface area (Å²) in [7, 11) is -2.90. The van der Waals surface area contributed by atoms with E-state index in [-0.39, 0.29) is 0 Å². The van der Waals surface area contributed by atoms with E-state index in [0.29, 0.717) is 34.0 Å². The fourth-order valence-corrected chi connectivity index (χ4v) is 20.8. The number of carbonyl (C=O) groups excluding carboxylic acids is 4. The van der Waals surface area contributed by atoms with Gasteiger partial charge in [0.15, 0.2) is 25.1 Å². The lowest BCUT2D eigenvalue weighted by Crippen LogP contribution is -2.09. The second-order valence-electron chi connectivity index (χ2n) is 23.3. The molecule has 0 amide bonds. The zero-order valence-corrected chi connectivity index (χ0v) is 64.6. The van der Waals surface area contributed by atoms with Crippen LogP contribution in [-0.4, -0.2) is 38.4 Å². The van der Waals surface area contributed by atoms with E-state index in [9.17, 15) is 23.7 Å². The smallest absolute Gasteiger partial charge is 0.311 e. The van der Waals surface area contributed by atoms with Crippen LogP contribution in [0.1, 0.15) is 76.9 Å². The van der Waals surface area contributed by atoms with E-state index in [4.69, 9.17) is 9.05 Å². The molecule has 0 N–H and O–H groups in total. The maximum absolute atomic E-state index is 12.0. The van der Waals surface area contributed by atoms with Crippen molar-refractivity contribution in [2.45, 2.75) is 32.9 Å². The largest absolute Gasteiger partial charge is 0.335 e. The zero-order valence-electron chi connectivity index (χ0n) is 56.4. The Hall–Kier alpha value is -9.21. The molecule has 0 aliphatic heterocycles. The summed E-state index contributed by atoms with van der Waals surface area (Å²) < 4.78 is 22.4. The van der Waals surface area contributed by atoms with Gasteiger partial charge in [-0.25, -0.2) is 0 Å². The van der Waals surface area contributed by atoms with Crippen LogP contribution < -0.4 is 9.80 Å². The molecule has 6 aromatic carbocycles. The summed E-state index contributed by atoms with van der Waals surface area (Å²) in [6.07, 6.45) is 10.5. The number of aryl methyl sites for hydroxylation is 2. The van der Waals surface area contributed by atoms with E-state index in [1.54, 1.807) is 34.0 Å². The molecule has 0 aliphatic carbocycles. The Balaban J connectivity index is 0.000000159. The van der Waals surface area contributed by atoms with E-state index in [2.05, 4.69) is 227 Å². The summed E-state index contributed by atoms with van der Waals surface area (Å²) in [4.78, 5) is 65.3. The second-order valence-corrected chi connectivity index (χ2v) is 35.2. The highest BCUT2D eigenvalue weighted by Gasteiger charge is 2.25. The van der Waals surface area contributed by atoms with Gasteiger partial charge in [-0.2, -0.15) is 0 Å². The first-order valence-electron chi connectivity index (χ1n) is 33.3. The number of hydrogen-bond acceptors (Lipinski definition) is 18. The molecular weight excluding hydrogens is 1480 g/mol. The van der Waals surface area contributed by atoms with E-state index in [1.165, 1.54) is 85.7 Å². The summed E-state index contributed by atoms with van der Waals surface area (Å²) >= 11 is 14.8. The molecule has 0 saturated carbocycles. The number of anilines is 6. The summed E-state index contributed by atoms with van der Waals surface area (Å²) in [5.74, 6) is 0. The Morgan fingerprint density at radius 1 is 0.298 bits per heavy atom. The van der Waals surface area contributed by atoms with Gasteiger partial charge in [0.05, 0.1) is 38.9 Å². The minimum absolute atomic E-state index is 0.381. The highest BCUT2D eigenvalue weighted by molar-refractivity contribution is 7.53. The van der Waals surface area contributed by atoms with Crippen LogP contribution in [0.2, 0.25) is 0 Å². The number of nitrogens with zero attached hydrogens (tertiary/aromatic N) is 2. The molecule has 9 nitrogen and oxygen atoms in total. The maximum Gasteiger partial charge on any atom is 0.335 e. The van der Waals surface area contributed by atoms with Gasteiger partial charge in [-0.1, -0.05) is 91.0 Å². The van der Waals surface area contributed by atoms with E-state index >= 15 is 0 Å². The number of carbonyl (C=O) groups is 4. The Morgan fingerprint density at radius 2 is 0.587 bits per heavy atom. The lowest BCUT2D eigenvalue weighted by molar-refractivity contribution is 0.111. The highest BCUT2D eigenvalue weighted by Crippen LogP contribution is 2.52. The van der Waals surface area contributed by atoms with Crippen molar-refractivity contribution < 1.29 is 32.8 Å². The van der Waals surface area contributed by atoms with Gasteiger partial charge in [-0.15, -0.1) is 102 Å². The fourth-order valence-electron chi connectivity index (χ4n) is 11.5. The van der Waals surface area contributed by atoms with Crippen LogP contribution in [-0.2, 0) is 32.6 Å². The Labute approximate surface area is 641 Å². The van der Waals surface area contributed by atoms with Crippen molar-refractivity contribution in [2.75, 3.05) is 23.0 Å². The number of rotatable bonds is 27. The SMILES string of the molecule is CCOP(=O)(Cc1cccs1)OCC.O=Cc1ccc(-c2ccc(N(c3ccc(-c4ccc(/C=C/c5cccs5)s4)cc3)c3ccc(-c4ccc(CCc5cccs5)s4)cc3)cc2)s1.O=Cc1ccc(-c2ccc(N(c3ccc(-c4ccc(C=O)s4)cc3)c3ccc(-c4ccc(C=O)s4)cc3)cc2)s1. The van der Waals surface area contributed by atoms with Gasteiger partial charge in [0.25, 0.3) is 0 Å². The molecule has 104 heavy (non-hydrogen) atoms. The van der Waals surface area contributed by atoms with E-state index < -0.39 is 7.60 Å². The molecule has 9 aromatic heterocycles. The monoisotopic (exact) mass is 1550 g/mol. The molecule has 9 heterocycles. The normalized spacial score (nSPS) is 11.2. The average Bonchev–Trinajstić information content (AvgIpc) is 0.839. The minimum Gasteiger partial charge on any atom is -0.311 e. The average molecular weight is 1550 g/mol.